The van der Waals surface area contributed by atoms with Crippen LogP contribution in [-0.4, -0.2) is 17.8 Å². The van der Waals surface area contributed by atoms with Crippen LogP contribution >= 0.6 is 15.9 Å². The number of aliphatic hydroxyl groups excluding tert-OH is 1. The maximum Gasteiger partial charge on any atom is 0.137 e. The molecule has 0 heterocycles. The Morgan fingerprint density at radius 3 is 2.75 bits per heavy atom. The molecule has 0 bridgehead atoms. The minimum Gasteiger partial charge on any atom is -0.396 e. The Morgan fingerprint density at radius 2 is 2.12 bits per heavy atom. The van der Waals surface area contributed by atoms with Crippen molar-refractivity contribution in [2.75, 3.05) is 6.61 Å². The fourth-order valence-electron chi connectivity index (χ4n) is 1.32. The molecule has 0 amide bonds. The molecule has 0 fully saturated rings. The quantitative estimate of drug-likeness (QED) is 0.874. The second-order valence-corrected chi connectivity index (χ2v) is 4.84. The summed E-state index contributed by atoms with van der Waals surface area (Å²) in [7, 11) is 0. The van der Waals surface area contributed by atoms with Crippen LogP contribution in [0.5, 0.6) is 0 Å². The molecule has 0 spiro atoms. The SMILES string of the molecule is CC(CO)C(C)NCc1cccc(F)c1Br. The first-order valence-electron chi connectivity index (χ1n) is 5.33. The molecule has 2 N–H and O–H groups in total. The van der Waals surface area contributed by atoms with Crippen molar-refractivity contribution >= 4 is 15.9 Å². The van der Waals surface area contributed by atoms with E-state index in [4.69, 9.17) is 5.11 Å². The van der Waals surface area contributed by atoms with Gasteiger partial charge in [-0.25, -0.2) is 4.39 Å². The first kappa shape index (κ1) is 13.6. The van der Waals surface area contributed by atoms with Crippen LogP contribution in [0.4, 0.5) is 4.39 Å². The van der Waals surface area contributed by atoms with Gasteiger partial charge < -0.3 is 10.4 Å². The Labute approximate surface area is 104 Å². The predicted octanol–water partition coefficient (Wildman–Crippen LogP) is 2.69. The lowest BCUT2D eigenvalue weighted by atomic mass is 10.0. The first-order valence-corrected chi connectivity index (χ1v) is 6.12. The molecule has 2 nitrogen and oxygen atoms in total. The lowest BCUT2D eigenvalue weighted by Gasteiger charge is -2.19. The predicted molar refractivity (Wildman–Crippen MR) is 66.7 cm³/mol. The van der Waals surface area contributed by atoms with Crippen molar-refractivity contribution in [1.82, 2.24) is 5.32 Å². The second-order valence-electron chi connectivity index (χ2n) is 4.04. The van der Waals surface area contributed by atoms with E-state index in [0.717, 1.165) is 5.56 Å². The summed E-state index contributed by atoms with van der Waals surface area (Å²) in [5.41, 5.74) is 0.886. The topological polar surface area (TPSA) is 32.3 Å². The summed E-state index contributed by atoms with van der Waals surface area (Å²) in [5, 5.41) is 12.3. The normalized spacial score (nSPS) is 14.8. The van der Waals surface area contributed by atoms with E-state index in [1.54, 1.807) is 6.07 Å². The van der Waals surface area contributed by atoms with E-state index < -0.39 is 0 Å². The van der Waals surface area contributed by atoms with Gasteiger partial charge in [0.05, 0.1) is 4.47 Å². The highest BCUT2D eigenvalue weighted by Gasteiger charge is 2.11. The maximum absolute atomic E-state index is 13.2. The largest absolute Gasteiger partial charge is 0.396 e. The fourth-order valence-corrected chi connectivity index (χ4v) is 1.72. The standard InChI is InChI=1S/C12H17BrFNO/c1-8(7-16)9(2)15-6-10-4-3-5-11(14)12(10)13/h3-5,8-9,15-16H,6-7H2,1-2H3. The molecule has 2 unspecified atom stereocenters. The summed E-state index contributed by atoms with van der Waals surface area (Å²) in [6.07, 6.45) is 0. The van der Waals surface area contributed by atoms with Crippen molar-refractivity contribution < 1.29 is 9.50 Å². The molecule has 0 aliphatic carbocycles. The van der Waals surface area contributed by atoms with Crippen LogP contribution < -0.4 is 5.32 Å². The van der Waals surface area contributed by atoms with Gasteiger partial charge in [-0.05, 0) is 40.4 Å². The molecule has 0 saturated heterocycles. The highest BCUT2D eigenvalue weighted by Crippen LogP contribution is 2.20. The van der Waals surface area contributed by atoms with E-state index in [-0.39, 0.29) is 24.4 Å². The monoisotopic (exact) mass is 289 g/mol. The Balaban J connectivity index is 2.58. The van der Waals surface area contributed by atoms with Crippen LogP contribution in [0.1, 0.15) is 19.4 Å². The summed E-state index contributed by atoms with van der Waals surface area (Å²) in [6.45, 7) is 4.72. The van der Waals surface area contributed by atoms with Crippen molar-refractivity contribution in [2.45, 2.75) is 26.4 Å². The van der Waals surface area contributed by atoms with E-state index >= 15 is 0 Å². The zero-order valence-electron chi connectivity index (χ0n) is 9.50. The van der Waals surface area contributed by atoms with Crippen molar-refractivity contribution in [3.63, 3.8) is 0 Å². The molecule has 0 aromatic heterocycles. The van der Waals surface area contributed by atoms with Gasteiger partial charge in [0.1, 0.15) is 5.82 Å². The molecule has 0 saturated carbocycles. The van der Waals surface area contributed by atoms with Crippen LogP contribution in [0.15, 0.2) is 22.7 Å². The molecule has 0 radical (unpaired) electrons. The zero-order chi connectivity index (χ0) is 12.1. The van der Waals surface area contributed by atoms with Crippen LogP contribution in [0, 0.1) is 11.7 Å². The third-order valence-corrected chi connectivity index (χ3v) is 3.68. The van der Waals surface area contributed by atoms with Crippen molar-refractivity contribution in [2.24, 2.45) is 5.92 Å². The van der Waals surface area contributed by atoms with Gasteiger partial charge in [0, 0.05) is 19.2 Å². The van der Waals surface area contributed by atoms with Gasteiger partial charge in [-0.2, -0.15) is 0 Å². The molecule has 2 atom stereocenters. The third kappa shape index (κ3) is 3.54. The maximum atomic E-state index is 13.2. The first-order chi connectivity index (χ1) is 7.56. The van der Waals surface area contributed by atoms with Gasteiger partial charge in [0.2, 0.25) is 0 Å². The number of aliphatic hydroxyl groups is 1. The number of benzene rings is 1. The van der Waals surface area contributed by atoms with E-state index in [1.807, 2.05) is 19.9 Å². The third-order valence-electron chi connectivity index (χ3n) is 2.79. The van der Waals surface area contributed by atoms with Gasteiger partial charge in [0.15, 0.2) is 0 Å². The zero-order valence-corrected chi connectivity index (χ0v) is 11.1. The van der Waals surface area contributed by atoms with Crippen molar-refractivity contribution in [3.8, 4) is 0 Å². The van der Waals surface area contributed by atoms with E-state index in [2.05, 4.69) is 21.2 Å². The summed E-state index contributed by atoms with van der Waals surface area (Å²) < 4.78 is 13.7. The summed E-state index contributed by atoms with van der Waals surface area (Å²) in [6, 6.07) is 5.18. The lowest BCUT2D eigenvalue weighted by Crippen LogP contribution is -2.33. The van der Waals surface area contributed by atoms with Crippen molar-refractivity contribution in [3.05, 3.63) is 34.1 Å². The lowest BCUT2D eigenvalue weighted by molar-refractivity contribution is 0.207. The highest BCUT2D eigenvalue weighted by molar-refractivity contribution is 9.10. The Morgan fingerprint density at radius 1 is 1.44 bits per heavy atom. The smallest absolute Gasteiger partial charge is 0.137 e. The Bertz CT molecular complexity index is 346. The fraction of sp³-hybridized carbons (Fsp3) is 0.500. The summed E-state index contributed by atoms with van der Waals surface area (Å²) >= 11 is 3.22. The van der Waals surface area contributed by atoms with Gasteiger partial charge in [-0.15, -0.1) is 0 Å². The molecule has 0 aliphatic rings. The van der Waals surface area contributed by atoms with Crippen LogP contribution in [0.25, 0.3) is 0 Å². The minimum atomic E-state index is -0.248. The molecule has 90 valence electrons. The van der Waals surface area contributed by atoms with Gasteiger partial charge in [-0.3, -0.25) is 0 Å². The number of nitrogens with one attached hydrogen (secondary N) is 1. The van der Waals surface area contributed by atoms with Crippen molar-refractivity contribution in [1.29, 1.82) is 0 Å². The molecule has 1 aromatic carbocycles. The Hall–Kier alpha value is -0.450. The highest BCUT2D eigenvalue weighted by atomic mass is 79.9. The van der Waals surface area contributed by atoms with E-state index in [0.29, 0.717) is 11.0 Å². The van der Waals surface area contributed by atoms with Gasteiger partial charge in [0.25, 0.3) is 0 Å². The molecule has 0 aliphatic heterocycles. The summed E-state index contributed by atoms with van der Waals surface area (Å²) in [5.74, 6) is -0.0607. The average Bonchev–Trinajstić information content (AvgIpc) is 2.29. The second kappa shape index (κ2) is 6.33. The number of rotatable bonds is 5. The summed E-state index contributed by atoms with van der Waals surface area (Å²) in [4.78, 5) is 0. The Kier molecular flexibility index (Phi) is 5.38. The number of halogens is 2. The molecule has 1 aromatic rings. The van der Waals surface area contributed by atoms with Crippen LogP contribution in [-0.2, 0) is 6.54 Å². The molecular formula is C12H17BrFNO. The number of hydrogen-bond donors (Lipinski definition) is 2. The number of hydrogen-bond acceptors (Lipinski definition) is 2. The van der Waals surface area contributed by atoms with Gasteiger partial charge >= 0.3 is 0 Å². The minimum absolute atomic E-state index is 0.151. The molecule has 4 heteroatoms. The molecule has 1 rings (SSSR count). The van der Waals surface area contributed by atoms with Gasteiger partial charge in [-0.1, -0.05) is 19.1 Å². The molecular weight excluding hydrogens is 273 g/mol. The van der Waals surface area contributed by atoms with Crippen LogP contribution in [0.2, 0.25) is 0 Å². The van der Waals surface area contributed by atoms with E-state index in [9.17, 15) is 4.39 Å². The van der Waals surface area contributed by atoms with E-state index in [1.165, 1.54) is 6.07 Å². The average molecular weight is 290 g/mol. The van der Waals surface area contributed by atoms with Crippen LogP contribution in [0.3, 0.4) is 0 Å². The molecule has 16 heavy (non-hydrogen) atoms.